The molecule has 1 aromatic rings. The van der Waals surface area contributed by atoms with Crippen molar-refractivity contribution in [2.75, 3.05) is 26.9 Å². The van der Waals surface area contributed by atoms with E-state index in [2.05, 4.69) is 16.4 Å². The molecular weight excluding hydrogens is 407 g/mol. The topological polar surface area (TPSA) is 101 Å². The van der Waals surface area contributed by atoms with Gasteiger partial charge in [0.05, 0.1) is 25.4 Å². The van der Waals surface area contributed by atoms with Crippen molar-refractivity contribution < 1.29 is 37.3 Å². The number of aliphatic carboxylic acids is 1. The molecule has 11 heteroatoms. The predicted octanol–water partition coefficient (Wildman–Crippen LogP) is 2.24. The normalized spacial score (nSPS) is 21.0. The van der Waals surface area contributed by atoms with Gasteiger partial charge in [-0.2, -0.15) is 13.2 Å². The fraction of sp³-hybridized carbons (Fsp3) is 0.632. The van der Waals surface area contributed by atoms with E-state index >= 15 is 0 Å². The van der Waals surface area contributed by atoms with E-state index in [9.17, 15) is 18.0 Å². The Morgan fingerprint density at radius 3 is 2.53 bits per heavy atom. The number of nitrogens with zero attached hydrogens (tertiary/aromatic N) is 2. The van der Waals surface area contributed by atoms with Gasteiger partial charge in [-0.15, -0.1) is 0 Å². The number of halogens is 3. The molecule has 30 heavy (non-hydrogen) atoms. The first kappa shape index (κ1) is 23.9. The highest BCUT2D eigenvalue weighted by Gasteiger charge is 2.39. The number of hydrogen-bond acceptors (Lipinski definition) is 5. The molecule has 2 heterocycles. The maximum atomic E-state index is 12.5. The number of carboxylic acids is 1. The number of pyridine rings is 1. The number of likely N-dealkylation sites (tertiary alicyclic amines) is 1. The largest absolute Gasteiger partial charge is 0.490 e. The van der Waals surface area contributed by atoms with Crippen molar-refractivity contribution in [3.8, 4) is 0 Å². The smallest absolute Gasteiger partial charge is 0.475 e. The predicted molar refractivity (Wildman–Crippen MR) is 99.9 cm³/mol. The molecule has 2 aliphatic rings. The number of carboxylic acid groups (broad SMARTS) is 1. The number of urea groups is 1. The van der Waals surface area contributed by atoms with Crippen molar-refractivity contribution >= 4 is 12.0 Å². The molecule has 2 amide bonds. The van der Waals surface area contributed by atoms with E-state index < -0.39 is 12.1 Å². The van der Waals surface area contributed by atoms with E-state index in [1.807, 2.05) is 17.2 Å². The van der Waals surface area contributed by atoms with Gasteiger partial charge in [0.15, 0.2) is 0 Å². The van der Waals surface area contributed by atoms with E-state index in [4.69, 9.17) is 19.4 Å². The number of methoxy groups -OCH3 is 1. The number of amides is 2. The molecule has 168 valence electrons. The van der Waals surface area contributed by atoms with Crippen LogP contribution in [-0.2, 0) is 20.7 Å². The molecule has 1 aliphatic carbocycles. The highest BCUT2D eigenvalue weighted by atomic mass is 19.4. The molecular formula is C19H26F3N3O5. The van der Waals surface area contributed by atoms with Gasteiger partial charge in [-0.25, -0.2) is 9.59 Å². The summed E-state index contributed by atoms with van der Waals surface area (Å²) < 4.78 is 42.8. The number of rotatable bonds is 7. The van der Waals surface area contributed by atoms with Crippen molar-refractivity contribution in [1.82, 2.24) is 15.2 Å². The highest BCUT2D eigenvalue weighted by Crippen LogP contribution is 2.26. The Morgan fingerprint density at radius 1 is 1.30 bits per heavy atom. The van der Waals surface area contributed by atoms with Gasteiger partial charge in [0.25, 0.3) is 0 Å². The Hall–Kier alpha value is -2.40. The van der Waals surface area contributed by atoms with Crippen LogP contribution in [0.1, 0.15) is 24.8 Å². The molecule has 0 radical (unpaired) electrons. The summed E-state index contributed by atoms with van der Waals surface area (Å²) in [6, 6.07) is 4.44. The van der Waals surface area contributed by atoms with E-state index in [1.54, 1.807) is 13.3 Å². The van der Waals surface area contributed by atoms with Gasteiger partial charge in [0.1, 0.15) is 0 Å². The Morgan fingerprint density at radius 2 is 2.00 bits per heavy atom. The van der Waals surface area contributed by atoms with Gasteiger partial charge in [-0.05, 0) is 37.3 Å². The molecule has 1 saturated carbocycles. The quantitative estimate of drug-likeness (QED) is 0.640. The molecule has 8 nitrogen and oxygen atoms in total. The number of carbonyl (C=O) groups is 2. The average molecular weight is 433 g/mol. The van der Waals surface area contributed by atoms with Crippen molar-refractivity contribution in [3.05, 3.63) is 30.1 Å². The second kappa shape index (κ2) is 11.1. The lowest BCUT2D eigenvalue weighted by atomic mass is 10.0. The summed E-state index contributed by atoms with van der Waals surface area (Å²) in [7, 11) is 1.67. The average Bonchev–Trinajstić information content (AvgIpc) is 3.42. The van der Waals surface area contributed by atoms with Crippen molar-refractivity contribution in [2.45, 2.75) is 50.0 Å². The number of ether oxygens (including phenoxy) is 2. The van der Waals surface area contributed by atoms with Crippen LogP contribution in [0, 0.1) is 0 Å². The molecule has 0 bridgehead atoms. The second-order valence-electron chi connectivity index (χ2n) is 7.04. The minimum atomic E-state index is -5.08. The summed E-state index contributed by atoms with van der Waals surface area (Å²) in [6.07, 6.45) is 2.43. The van der Waals surface area contributed by atoms with Crippen LogP contribution >= 0.6 is 0 Å². The van der Waals surface area contributed by atoms with Gasteiger partial charge in [0.2, 0.25) is 0 Å². The Labute approximate surface area is 172 Å². The van der Waals surface area contributed by atoms with Gasteiger partial charge in [-0.3, -0.25) is 4.98 Å². The summed E-state index contributed by atoms with van der Waals surface area (Å²) in [5, 5.41) is 10.2. The maximum absolute atomic E-state index is 12.5. The van der Waals surface area contributed by atoms with Gasteiger partial charge < -0.3 is 24.8 Å². The maximum Gasteiger partial charge on any atom is 0.490 e. The first-order valence-corrected chi connectivity index (χ1v) is 9.59. The fourth-order valence-electron chi connectivity index (χ4n) is 3.04. The van der Waals surface area contributed by atoms with Gasteiger partial charge in [0, 0.05) is 32.1 Å². The molecule has 1 aliphatic heterocycles. The minimum Gasteiger partial charge on any atom is -0.475 e. The molecule has 3 rings (SSSR count). The summed E-state index contributed by atoms with van der Waals surface area (Å²) in [6.45, 7) is 1.87. The van der Waals surface area contributed by atoms with E-state index in [-0.39, 0.29) is 18.2 Å². The van der Waals surface area contributed by atoms with Gasteiger partial charge in [-0.1, -0.05) is 6.07 Å². The SMILES string of the molecule is COCCO[C@H]1CCN(C(=O)NC2CC2)[C@H]1Cc1cccnc1.O=C(O)C(F)(F)F. The molecule has 2 fully saturated rings. The fourth-order valence-corrected chi connectivity index (χ4v) is 3.04. The van der Waals surface area contributed by atoms with Crippen molar-refractivity contribution in [1.29, 1.82) is 0 Å². The second-order valence-corrected chi connectivity index (χ2v) is 7.04. The lowest BCUT2D eigenvalue weighted by Gasteiger charge is -2.28. The van der Waals surface area contributed by atoms with E-state index in [0.717, 1.165) is 37.8 Å². The third-order valence-electron chi connectivity index (χ3n) is 4.68. The molecule has 1 aromatic heterocycles. The molecule has 2 atom stereocenters. The number of alkyl halides is 3. The summed E-state index contributed by atoms with van der Waals surface area (Å²) in [5.74, 6) is -2.76. The van der Waals surface area contributed by atoms with Crippen LogP contribution < -0.4 is 5.32 Å². The van der Waals surface area contributed by atoms with Crippen LogP contribution in [0.3, 0.4) is 0 Å². The van der Waals surface area contributed by atoms with E-state index in [0.29, 0.717) is 19.3 Å². The first-order chi connectivity index (χ1) is 14.2. The lowest BCUT2D eigenvalue weighted by molar-refractivity contribution is -0.192. The van der Waals surface area contributed by atoms with Crippen LogP contribution in [0.4, 0.5) is 18.0 Å². The van der Waals surface area contributed by atoms with Crippen LogP contribution in [0.15, 0.2) is 24.5 Å². The molecule has 0 spiro atoms. The minimum absolute atomic E-state index is 0.0410. The third kappa shape index (κ3) is 7.79. The number of nitrogens with one attached hydrogen (secondary N) is 1. The van der Waals surface area contributed by atoms with Crippen LogP contribution in [0.2, 0.25) is 0 Å². The molecule has 0 aromatic carbocycles. The Balaban J connectivity index is 0.000000396. The summed E-state index contributed by atoms with van der Waals surface area (Å²) in [5.41, 5.74) is 1.13. The molecule has 0 unspecified atom stereocenters. The number of hydrogen-bond donors (Lipinski definition) is 2. The Bertz CT molecular complexity index is 686. The third-order valence-corrected chi connectivity index (χ3v) is 4.68. The van der Waals surface area contributed by atoms with Crippen molar-refractivity contribution in [2.24, 2.45) is 0 Å². The Kier molecular flexibility index (Phi) is 8.85. The highest BCUT2D eigenvalue weighted by molar-refractivity contribution is 5.75. The number of aromatic nitrogens is 1. The first-order valence-electron chi connectivity index (χ1n) is 9.59. The van der Waals surface area contributed by atoms with Gasteiger partial charge >= 0.3 is 18.2 Å². The van der Waals surface area contributed by atoms with E-state index in [1.165, 1.54) is 0 Å². The molecule has 2 N–H and O–H groups in total. The van der Waals surface area contributed by atoms with Crippen LogP contribution in [0.5, 0.6) is 0 Å². The summed E-state index contributed by atoms with van der Waals surface area (Å²) >= 11 is 0. The lowest BCUT2D eigenvalue weighted by Crippen LogP contribution is -2.47. The summed E-state index contributed by atoms with van der Waals surface area (Å²) in [4.78, 5) is 27.5. The van der Waals surface area contributed by atoms with Crippen LogP contribution in [-0.4, -0.2) is 78.2 Å². The number of carbonyl (C=O) groups excluding carboxylic acids is 1. The zero-order valence-electron chi connectivity index (χ0n) is 16.6. The van der Waals surface area contributed by atoms with Crippen LogP contribution in [0.25, 0.3) is 0 Å². The molecule has 1 saturated heterocycles. The zero-order valence-corrected chi connectivity index (χ0v) is 16.6. The zero-order chi connectivity index (χ0) is 22.1. The standard InChI is InChI=1S/C17H25N3O3.C2HF3O2/c1-22-9-10-23-16-6-8-20(17(21)19-14-4-5-14)15(16)11-13-3-2-7-18-12-13;3-2(4,5)1(6)7/h2-3,7,12,14-16H,4-6,8-11H2,1H3,(H,19,21);(H,6,7)/t15-,16-;/m0./s1. The monoisotopic (exact) mass is 433 g/mol. The van der Waals surface area contributed by atoms with Crippen molar-refractivity contribution in [3.63, 3.8) is 0 Å².